The lowest BCUT2D eigenvalue weighted by Crippen LogP contribution is -2.43. The van der Waals surface area contributed by atoms with Crippen LogP contribution in [-0.2, 0) is 14.8 Å². The largest absolute Gasteiger partial charge is 0.478 e. The third-order valence-electron chi connectivity index (χ3n) is 3.68. The Bertz CT molecular complexity index is 692. The van der Waals surface area contributed by atoms with E-state index in [1.54, 1.807) is 0 Å². The van der Waals surface area contributed by atoms with Crippen molar-refractivity contribution in [1.29, 1.82) is 0 Å². The van der Waals surface area contributed by atoms with E-state index in [1.807, 2.05) is 0 Å². The molecule has 1 N–H and O–H groups in total. The summed E-state index contributed by atoms with van der Waals surface area (Å²) < 4.78 is 55.4. The van der Waals surface area contributed by atoms with E-state index >= 15 is 0 Å². The molecule has 1 aliphatic heterocycles. The monoisotopic (exact) mass is 349 g/mol. The predicted octanol–water partition coefficient (Wildman–Crippen LogP) is 2.09. The molecular formula is C14H17F2NO5S. The van der Waals surface area contributed by atoms with E-state index < -0.39 is 28.7 Å². The summed E-state index contributed by atoms with van der Waals surface area (Å²) in [4.78, 5) is 10.9. The summed E-state index contributed by atoms with van der Waals surface area (Å²) >= 11 is 0. The van der Waals surface area contributed by atoms with Crippen LogP contribution >= 0.6 is 0 Å². The van der Waals surface area contributed by atoms with Gasteiger partial charge in [-0.3, -0.25) is 0 Å². The van der Waals surface area contributed by atoms with Crippen molar-refractivity contribution in [2.24, 2.45) is 0 Å². The number of carbonyl (C=O) groups is 1. The number of rotatable bonds is 5. The molecule has 0 radical (unpaired) electrons. The Labute approximate surface area is 132 Å². The topological polar surface area (TPSA) is 83.9 Å². The van der Waals surface area contributed by atoms with Gasteiger partial charge in [0, 0.05) is 13.1 Å². The highest BCUT2D eigenvalue weighted by Crippen LogP contribution is 2.25. The summed E-state index contributed by atoms with van der Waals surface area (Å²) in [5, 5.41) is 8.92. The van der Waals surface area contributed by atoms with Gasteiger partial charge in [0.2, 0.25) is 10.0 Å². The Morgan fingerprint density at radius 2 is 2.13 bits per heavy atom. The normalized spacial score (nSPS) is 19.9. The number of nitrogens with zero attached hydrogens (tertiary/aromatic N) is 1. The van der Waals surface area contributed by atoms with Gasteiger partial charge in [0.1, 0.15) is 0 Å². The third-order valence-corrected chi connectivity index (χ3v) is 5.70. The van der Waals surface area contributed by atoms with Crippen molar-refractivity contribution in [2.75, 3.05) is 13.1 Å². The predicted molar refractivity (Wildman–Crippen MR) is 77.0 cm³/mol. The van der Waals surface area contributed by atoms with Crippen molar-refractivity contribution in [1.82, 2.24) is 4.31 Å². The lowest BCUT2D eigenvalue weighted by Gasteiger charge is -2.31. The number of halogens is 2. The molecular weight excluding hydrogens is 332 g/mol. The average molecular weight is 349 g/mol. The number of aromatic carboxylic acids is 1. The van der Waals surface area contributed by atoms with Gasteiger partial charge in [-0.05, 0) is 43.5 Å². The van der Waals surface area contributed by atoms with Crippen LogP contribution in [0.4, 0.5) is 8.78 Å². The molecule has 1 unspecified atom stereocenters. The number of sulfonamides is 1. The summed E-state index contributed by atoms with van der Waals surface area (Å²) in [6.45, 7) is -1.38. The molecule has 2 rings (SSSR count). The van der Waals surface area contributed by atoms with Crippen LogP contribution in [0, 0.1) is 6.92 Å². The summed E-state index contributed by atoms with van der Waals surface area (Å²) in [6, 6.07) is 3.71. The number of benzene rings is 1. The van der Waals surface area contributed by atoms with E-state index in [1.165, 1.54) is 25.1 Å². The molecule has 1 fully saturated rings. The number of hydrogen-bond acceptors (Lipinski definition) is 4. The van der Waals surface area contributed by atoms with Gasteiger partial charge < -0.3 is 9.84 Å². The zero-order valence-electron chi connectivity index (χ0n) is 12.4. The zero-order valence-corrected chi connectivity index (χ0v) is 13.2. The molecule has 0 aromatic heterocycles. The highest BCUT2D eigenvalue weighted by molar-refractivity contribution is 7.89. The fourth-order valence-corrected chi connectivity index (χ4v) is 4.31. The van der Waals surface area contributed by atoms with Gasteiger partial charge in [-0.1, -0.05) is 0 Å². The molecule has 0 aliphatic carbocycles. The van der Waals surface area contributed by atoms with Gasteiger partial charge >= 0.3 is 12.6 Å². The maximum atomic E-state index is 12.7. The lowest BCUT2D eigenvalue weighted by molar-refractivity contribution is -0.170. The smallest absolute Gasteiger partial charge is 0.345 e. The molecule has 1 heterocycles. The van der Waals surface area contributed by atoms with Gasteiger partial charge in [0.05, 0.1) is 16.6 Å². The number of ether oxygens (including phenoxy) is 1. The van der Waals surface area contributed by atoms with Gasteiger partial charge in [0.15, 0.2) is 0 Å². The first-order valence-electron chi connectivity index (χ1n) is 6.99. The maximum Gasteiger partial charge on any atom is 0.345 e. The maximum absolute atomic E-state index is 12.7. The molecule has 1 aromatic rings. The first-order chi connectivity index (χ1) is 10.7. The van der Waals surface area contributed by atoms with Crippen molar-refractivity contribution in [2.45, 2.75) is 37.4 Å². The van der Waals surface area contributed by atoms with Crippen LogP contribution in [0.3, 0.4) is 0 Å². The van der Waals surface area contributed by atoms with Crippen LogP contribution in [0.15, 0.2) is 23.1 Å². The standard InChI is InChI=1S/C14H17F2NO5S/c1-9-7-10(13(18)19)4-5-12(9)23(20,21)17-6-2-3-11(8-17)22-14(15)16/h4-5,7,11,14H,2-3,6,8H2,1H3,(H,18,19). The first kappa shape index (κ1) is 17.8. The molecule has 0 amide bonds. The Balaban J connectivity index is 2.25. The number of carboxylic acid groups (broad SMARTS) is 1. The van der Waals surface area contributed by atoms with E-state index in [-0.39, 0.29) is 23.5 Å². The molecule has 23 heavy (non-hydrogen) atoms. The molecule has 6 nitrogen and oxygen atoms in total. The summed E-state index contributed by atoms with van der Waals surface area (Å²) in [5.74, 6) is -1.15. The second kappa shape index (κ2) is 6.90. The Morgan fingerprint density at radius 3 is 2.70 bits per heavy atom. The fourth-order valence-electron chi connectivity index (χ4n) is 2.59. The Morgan fingerprint density at radius 1 is 1.43 bits per heavy atom. The first-order valence-corrected chi connectivity index (χ1v) is 8.43. The number of hydrogen-bond donors (Lipinski definition) is 1. The van der Waals surface area contributed by atoms with E-state index in [0.29, 0.717) is 18.4 Å². The van der Waals surface area contributed by atoms with Crippen molar-refractivity contribution >= 4 is 16.0 Å². The summed E-state index contributed by atoms with van der Waals surface area (Å²) in [5.41, 5.74) is 0.279. The van der Waals surface area contributed by atoms with Gasteiger partial charge in [-0.2, -0.15) is 13.1 Å². The zero-order chi connectivity index (χ0) is 17.2. The van der Waals surface area contributed by atoms with Crippen LogP contribution in [0.1, 0.15) is 28.8 Å². The highest BCUT2D eigenvalue weighted by atomic mass is 32.2. The molecule has 1 atom stereocenters. The van der Waals surface area contributed by atoms with Gasteiger partial charge in [-0.25, -0.2) is 13.2 Å². The van der Waals surface area contributed by atoms with E-state index in [4.69, 9.17) is 5.11 Å². The third kappa shape index (κ3) is 4.04. The van der Waals surface area contributed by atoms with Crippen molar-refractivity contribution in [3.63, 3.8) is 0 Å². The van der Waals surface area contributed by atoms with E-state index in [9.17, 15) is 22.0 Å². The molecule has 1 aromatic carbocycles. The molecule has 0 bridgehead atoms. The molecule has 1 saturated heterocycles. The number of carboxylic acids is 1. The minimum atomic E-state index is -3.89. The van der Waals surface area contributed by atoms with Crippen LogP contribution in [0.5, 0.6) is 0 Å². The molecule has 1 aliphatic rings. The van der Waals surface area contributed by atoms with Crippen LogP contribution < -0.4 is 0 Å². The summed E-state index contributed by atoms with van der Waals surface area (Å²) in [7, 11) is -3.89. The van der Waals surface area contributed by atoms with E-state index in [0.717, 1.165) is 4.31 Å². The van der Waals surface area contributed by atoms with E-state index in [2.05, 4.69) is 4.74 Å². The number of piperidine rings is 1. The minimum absolute atomic E-state index is 0.0148. The Kier molecular flexibility index (Phi) is 5.33. The summed E-state index contributed by atoms with van der Waals surface area (Å²) in [6.07, 6.45) is -0.0620. The van der Waals surface area contributed by atoms with Crippen molar-refractivity contribution in [3.05, 3.63) is 29.3 Å². The molecule has 0 spiro atoms. The second-order valence-electron chi connectivity index (χ2n) is 5.31. The second-order valence-corrected chi connectivity index (χ2v) is 7.22. The molecule has 128 valence electrons. The highest BCUT2D eigenvalue weighted by Gasteiger charge is 2.32. The molecule has 9 heteroatoms. The van der Waals surface area contributed by atoms with Crippen molar-refractivity contribution < 1.29 is 31.8 Å². The SMILES string of the molecule is Cc1cc(C(=O)O)ccc1S(=O)(=O)N1CCCC(OC(F)F)C1. The number of aryl methyl sites for hydroxylation is 1. The quantitative estimate of drug-likeness (QED) is 0.880. The lowest BCUT2D eigenvalue weighted by atomic mass is 10.1. The number of alkyl halides is 2. The minimum Gasteiger partial charge on any atom is -0.478 e. The average Bonchev–Trinajstić information content (AvgIpc) is 2.46. The van der Waals surface area contributed by atoms with Crippen LogP contribution in [0.2, 0.25) is 0 Å². The molecule has 0 saturated carbocycles. The van der Waals surface area contributed by atoms with Crippen LogP contribution in [0.25, 0.3) is 0 Å². The Hall–Kier alpha value is -1.58. The van der Waals surface area contributed by atoms with Gasteiger partial charge in [-0.15, -0.1) is 0 Å². The van der Waals surface area contributed by atoms with Crippen LogP contribution in [-0.4, -0.2) is 49.6 Å². The fraction of sp³-hybridized carbons (Fsp3) is 0.500. The van der Waals surface area contributed by atoms with Gasteiger partial charge in [0.25, 0.3) is 0 Å². The van der Waals surface area contributed by atoms with Crippen molar-refractivity contribution in [3.8, 4) is 0 Å².